The van der Waals surface area contributed by atoms with Crippen LogP contribution in [0.2, 0.25) is 0 Å². The zero-order valence-corrected chi connectivity index (χ0v) is 8.89. The van der Waals surface area contributed by atoms with Crippen LogP contribution in [0.25, 0.3) is 0 Å². The van der Waals surface area contributed by atoms with Crippen LogP contribution in [-0.2, 0) is 0 Å². The molecule has 0 saturated carbocycles. The van der Waals surface area contributed by atoms with Gasteiger partial charge in [-0.2, -0.15) is 0 Å². The molecule has 14 heavy (non-hydrogen) atoms. The quantitative estimate of drug-likeness (QED) is 0.579. The maximum absolute atomic E-state index is 10.5. The third kappa shape index (κ3) is 2.27. The van der Waals surface area contributed by atoms with Gasteiger partial charge in [0.25, 0.3) is 0 Å². The van der Waals surface area contributed by atoms with Crippen molar-refractivity contribution in [3.63, 3.8) is 0 Å². The Balaban J connectivity index is 1.95. The molecule has 0 radical (unpaired) electrons. The summed E-state index contributed by atoms with van der Waals surface area (Å²) in [6.07, 6.45) is 6.82. The molecular formula is C11H22N2O. The third-order valence-electron chi connectivity index (χ3n) is 3.68. The van der Waals surface area contributed by atoms with Gasteiger partial charge in [-0.25, -0.2) is 0 Å². The van der Waals surface area contributed by atoms with Crippen LogP contribution in [-0.4, -0.2) is 36.4 Å². The summed E-state index contributed by atoms with van der Waals surface area (Å²) in [6.45, 7) is 3.02. The van der Waals surface area contributed by atoms with E-state index in [9.17, 15) is 5.11 Å². The van der Waals surface area contributed by atoms with Gasteiger partial charge in [0.2, 0.25) is 0 Å². The highest BCUT2D eigenvalue weighted by atomic mass is 16.3. The minimum Gasteiger partial charge on any atom is -0.388 e. The van der Waals surface area contributed by atoms with Crippen molar-refractivity contribution < 1.29 is 5.11 Å². The Hall–Kier alpha value is -0.120. The lowest BCUT2D eigenvalue weighted by molar-refractivity contribution is -0.0258. The summed E-state index contributed by atoms with van der Waals surface area (Å²) in [5.41, 5.74) is -0.435. The lowest BCUT2D eigenvalue weighted by atomic mass is 9.83. The molecule has 2 saturated heterocycles. The predicted molar refractivity (Wildman–Crippen MR) is 57.3 cm³/mol. The molecule has 82 valence electrons. The molecule has 2 rings (SSSR count). The van der Waals surface area contributed by atoms with E-state index in [0.29, 0.717) is 6.04 Å². The van der Waals surface area contributed by atoms with Crippen LogP contribution in [0.5, 0.6) is 0 Å². The van der Waals surface area contributed by atoms with Gasteiger partial charge < -0.3 is 15.7 Å². The Kier molecular flexibility index (Phi) is 3.42. The summed E-state index contributed by atoms with van der Waals surface area (Å²) in [6, 6.07) is 0.340. The predicted octanol–water partition coefficient (Wildman–Crippen LogP) is 0.633. The largest absolute Gasteiger partial charge is 0.388 e. The van der Waals surface area contributed by atoms with E-state index in [4.69, 9.17) is 0 Å². The summed E-state index contributed by atoms with van der Waals surface area (Å²) in [5.74, 6) is 0. The maximum atomic E-state index is 10.5. The molecule has 0 amide bonds. The number of piperidine rings is 1. The summed E-state index contributed by atoms with van der Waals surface area (Å²) in [5, 5.41) is 17.3. The molecule has 0 spiro atoms. The monoisotopic (exact) mass is 198 g/mol. The van der Waals surface area contributed by atoms with E-state index < -0.39 is 5.60 Å². The van der Waals surface area contributed by atoms with Crippen molar-refractivity contribution in [1.82, 2.24) is 10.6 Å². The van der Waals surface area contributed by atoms with Crippen molar-refractivity contribution in [2.45, 2.75) is 50.2 Å². The van der Waals surface area contributed by atoms with E-state index in [1.165, 1.54) is 19.3 Å². The second-order valence-electron chi connectivity index (χ2n) is 4.71. The molecule has 0 aromatic carbocycles. The standard InChI is InChI=1S/C11H22N2O/c14-11(5-8-12-9-6-11)10-4-2-1-3-7-13-10/h10,12-14H,1-9H2. The molecule has 3 nitrogen and oxygen atoms in total. The second-order valence-corrected chi connectivity index (χ2v) is 4.71. The molecule has 0 aromatic heterocycles. The minimum atomic E-state index is -0.435. The first-order chi connectivity index (χ1) is 6.81. The molecule has 0 bridgehead atoms. The zero-order chi connectivity index (χ0) is 9.86. The number of hydrogen-bond acceptors (Lipinski definition) is 3. The van der Waals surface area contributed by atoms with Crippen LogP contribution in [0.1, 0.15) is 38.5 Å². The van der Waals surface area contributed by atoms with Gasteiger partial charge in [0.15, 0.2) is 0 Å². The third-order valence-corrected chi connectivity index (χ3v) is 3.68. The van der Waals surface area contributed by atoms with E-state index in [0.717, 1.165) is 38.9 Å². The van der Waals surface area contributed by atoms with Crippen LogP contribution in [0.15, 0.2) is 0 Å². The van der Waals surface area contributed by atoms with Crippen molar-refractivity contribution in [2.24, 2.45) is 0 Å². The number of nitrogens with one attached hydrogen (secondary N) is 2. The molecule has 2 aliphatic heterocycles. The van der Waals surface area contributed by atoms with Gasteiger partial charge in [-0.1, -0.05) is 12.8 Å². The number of rotatable bonds is 1. The normalized spacial score (nSPS) is 33.6. The molecule has 1 atom stereocenters. The highest BCUT2D eigenvalue weighted by Crippen LogP contribution is 2.27. The van der Waals surface area contributed by atoms with E-state index in [-0.39, 0.29) is 0 Å². The highest BCUT2D eigenvalue weighted by molar-refractivity contribution is 4.95. The molecule has 2 aliphatic rings. The summed E-state index contributed by atoms with van der Waals surface area (Å²) in [7, 11) is 0. The highest BCUT2D eigenvalue weighted by Gasteiger charge is 2.37. The van der Waals surface area contributed by atoms with Crippen LogP contribution in [0.3, 0.4) is 0 Å². The first kappa shape index (κ1) is 10.4. The summed E-state index contributed by atoms with van der Waals surface area (Å²) < 4.78 is 0. The molecule has 1 unspecified atom stereocenters. The van der Waals surface area contributed by atoms with Crippen molar-refractivity contribution >= 4 is 0 Å². The smallest absolute Gasteiger partial charge is 0.0824 e. The molecule has 3 heteroatoms. The first-order valence-electron chi connectivity index (χ1n) is 5.98. The lowest BCUT2D eigenvalue weighted by Crippen LogP contribution is -2.55. The Morgan fingerprint density at radius 3 is 2.57 bits per heavy atom. The van der Waals surface area contributed by atoms with Crippen LogP contribution >= 0.6 is 0 Å². The fourth-order valence-electron chi connectivity index (χ4n) is 2.70. The average Bonchev–Trinajstić information content (AvgIpc) is 2.47. The molecule has 0 aromatic rings. The lowest BCUT2D eigenvalue weighted by Gasteiger charge is -2.39. The van der Waals surface area contributed by atoms with E-state index in [1.54, 1.807) is 0 Å². The Morgan fingerprint density at radius 1 is 1.00 bits per heavy atom. The van der Waals surface area contributed by atoms with Crippen molar-refractivity contribution in [2.75, 3.05) is 19.6 Å². The van der Waals surface area contributed by atoms with Crippen LogP contribution in [0, 0.1) is 0 Å². The van der Waals surface area contributed by atoms with Crippen LogP contribution in [0.4, 0.5) is 0 Å². The van der Waals surface area contributed by atoms with E-state index in [1.807, 2.05) is 0 Å². The Labute approximate surface area is 86.3 Å². The van der Waals surface area contributed by atoms with Gasteiger partial charge in [-0.05, 0) is 45.3 Å². The van der Waals surface area contributed by atoms with Gasteiger partial charge in [0, 0.05) is 6.04 Å². The molecular weight excluding hydrogens is 176 g/mol. The SMILES string of the molecule is OC1(C2CCCCCN2)CCNCC1. The maximum Gasteiger partial charge on any atom is 0.0824 e. The van der Waals surface area contributed by atoms with Crippen molar-refractivity contribution in [3.8, 4) is 0 Å². The zero-order valence-electron chi connectivity index (χ0n) is 8.89. The van der Waals surface area contributed by atoms with Gasteiger partial charge >= 0.3 is 0 Å². The van der Waals surface area contributed by atoms with Gasteiger partial charge in [-0.3, -0.25) is 0 Å². The van der Waals surface area contributed by atoms with E-state index >= 15 is 0 Å². The second kappa shape index (κ2) is 4.60. The molecule has 2 heterocycles. The molecule has 3 N–H and O–H groups in total. The minimum absolute atomic E-state index is 0.340. The molecule has 0 aliphatic carbocycles. The first-order valence-corrected chi connectivity index (χ1v) is 5.98. The number of hydrogen-bond donors (Lipinski definition) is 3. The Bertz CT molecular complexity index is 170. The Morgan fingerprint density at radius 2 is 1.79 bits per heavy atom. The van der Waals surface area contributed by atoms with Crippen molar-refractivity contribution in [1.29, 1.82) is 0 Å². The van der Waals surface area contributed by atoms with Gasteiger partial charge in [0.05, 0.1) is 5.60 Å². The van der Waals surface area contributed by atoms with Crippen molar-refractivity contribution in [3.05, 3.63) is 0 Å². The summed E-state index contributed by atoms with van der Waals surface area (Å²) >= 11 is 0. The summed E-state index contributed by atoms with van der Waals surface area (Å²) in [4.78, 5) is 0. The van der Waals surface area contributed by atoms with Gasteiger partial charge in [-0.15, -0.1) is 0 Å². The fraction of sp³-hybridized carbons (Fsp3) is 1.00. The van der Waals surface area contributed by atoms with Gasteiger partial charge in [0.1, 0.15) is 0 Å². The topological polar surface area (TPSA) is 44.3 Å². The van der Waals surface area contributed by atoms with E-state index in [2.05, 4.69) is 10.6 Å². The molecule has 2 fully saturated rings. The fourth-order valence-corrected chi connectivity index (χ4v) is 2.70. The van der Waals surface area contributed by atoms with Crippen LogP contribution < -0.4 is 10.6 Å². The number of aliphatic hydroxyl groups is 1. The average molecular weight is 198 g/mol.